The van der Waals surface area contributed by atoms with Gasteiger partial charge in [0.05, 0.1) is 11.0 Å². The average molecular weight is 443 g/mol. The van der Waals surface area contributed by atoms with Crippen LogP contribution in [0.4, 0.5) is 18.0 Å². The highest BCUT2D eigenvalue weighted by molar-refractivity contribution is 7.92. The van der Waals surface area contributed by atoms with Crippen LogP contribution in [0.25, 0.3) is 0 Å². The van der Waals surface area contributed by atoms with Crippen molar-refractivity contribution in [1.82, 2.24) is 15.1 Å². The van der Waals surface area contributed by atoms with Crippen LogP contribution in [0, 0.1) is 0 Å². The first kappa shape index (κ1) is 23.7. The van der Waals surface area contributed by atoms with E-state index in [-0.39, 0.29) is 23.1 Å². The summed E-state index contributed by atoms with van der Waals surface area (Å²) in [6.45, 7) is 1.81. The van der Waals surface area contributed by atoms with Crippen LogP contribution in [-0.2, 0) is 14.6 Å². The van der Waals surface area contributed by atoms with Gasteiger partial charge in [-0.05, 0) is 32.7 Å². The first-order valence-corrected chi connectivity index (χ1v) is 11.4. The average Bonchev–Trinajstić information content (AvgIpc) is 3.00. The summed E-state index contributed by atoms with van der Waals surface area (Å²) in [5.74, 6) is -2.51. The summed E-state index contributed by atoms with van der Waals surface area (Å²) in [6, 6.07) is 0.359. The quantitative estimate of drug-likeness (QED) is 0.636. The standard InChI is InChI=1S/C15H27N3O3S.C2HF3O2/c1-17-10-11-22(20,21)14-7-9-18(8-6-13(14)17)15(19)16-12-4-2-3-5-12;3-2(4,5)1(6)7/h12-14H,2-11H2,1H3,(H,16,19);(H,6,7)/t13-,14+;/m0./s1. The third-order valence-electron chi connectivity index (χ3n) is 5.78. The van der Waals surface area contributed by atoms with Gasteiger partial charge in [0.2, 0.25) is 0 Å². The van der Waals surface area contributed by atoms with Gasteiger partial charge in [-0.1, -0.05) is 12.8 Å². The molecule has 0 radical (unpaired) electrons. The van der Waals surface area contributed by atoms with Crippen LogP contribution in [0.3, 0.4) is 0 Å². The Labute approximate surface area is 168 Å². The highest BCUT2D eigenvalue weighted by atomic mass is 32.2. The molecule has 8 nitrogen and oxygen atoms in total. The van der Waals surface area contributed by atoms with Crippen molar-refractivity contribution in [1.29, 1.82) is 0 Å². The molecule has 12 heteroatoms. The first-order valence-electron chi connectivity index (χ1n) is 9.69. The Kier molecular flexibility index (Phi) is 7.77. The lowest BCUT2D eigenvalue weighted by Gasteiger charge is -2.37. The Morgan fingerprint density at radius 1 is 1.03 bits per heavy atom. The van der Waals surface area contributed by atoms with Crippen LogP contribution in [0.2, 0.25) is 0 Å². The summed E-state index contributed by atoms with van der Waals surface area (Å²) in [6.07, 6.45) is 0.758. The van der Waals surface area contributed by atoms with E-state index in [1.165, 1.54) is 12.8 Å². The zero-order valence-electron chi connectivity index (χ0n) is 16.3. The molecule has 0 aromatic carbocycles. The number of carboxylic acids is 1. The van der Waals surface area contributed by atoms with Gasteiger partial charge >= 0.3 is 18.2 Å². The van der Waals surface area contributed by atoms with E-state index in [0.717, 1.165) is 19.3 Å². The van der Waals surface area contributed by atoms with E-state index in [4.69, 9.17) is 9.90 Å². The Bertz CT molecular complexity index is 695. The molecule has 2 heterocycles. The number of halogens is 3. The number of amides is 2. The van der Waals surface area contributed by atoms with Gasteiger partial charge in [-0.25, -0.2) is 18.0 Å². The van der Waals surface area contributed by atoms with Crippen LogP contribution in [0.15, 0.2) is 0 Å². The Balaban J connectivity index is 0.000000370. The molecule has 1 aliphatic carbocycles. The van der Waals surface area contributed by atoms with Crippen molar-refractivity contribution in [2.45, 2.75) is 62.0 Å². The second-order valence-corrected chi connectivity index (χ2v) is 10.1. The van der Waals surface area contributed by atoms with Crippen LogP contribution in [0.5, 0.6) is 0 Å². The van der Waals surface area contributed by atoms with Gasteiger partial charge in [-0.3, -0.25) is 0 Å². The maximum Gasteiger partial charge on any atom is 0.490 e. The fourth-order valence-electron chi connectivity index (χ4n) is 4.11. The van der Waals surface area contributed by atoms with Crippen LogP contribution >= 0.6 is 0 Å². The van der Waals surface area contributed by atoms with Gasteiger partial charge in [-0.2, -0.15) is 13.2 Å². The molecule has 0 spiro atoms. The van der Waals surface area contributed by atoms with Crippen LogP contribution < -0.4 is 5.32 Å². The molecule has 2 atom stereocenters. The van der Waals surface area contributed by atoms with E-state index >= 15 is 0 Å². The van der Waals surface area contributed by atoms with Crippen molar-refractivity contribution in [2.75, 3.05) is 32.4 Å². The Morgan fingerprint density at radius 2 is 1.59 bits per heavy atom. The Morgan fingerprint density at radius 3 is 2.14 bits per heavy atom. The van der Waals surface area contributed by atoms with E-state index in [0.29, 0.717) is 32.1 Å². The lowest BCUT2D eigenvalue weighted by Crippen LogP contribution is -2.52. The molecular formula is C17H28F3N3O5S. The third-order valence-corrected chi connectivity index (χ3v) is 8.00. The number of likely N-dealkylation sites (tertiary alicyclic amines) is 1. The van der Waals surface area contributed by atoms with Crippen molar-refractivity contribution in [3.8, 4) is 0 Å². The van der Waals surface area contributed by atoms with Gasteiger partial charge in [0.25, 0.3) is 0 Å². The molecular weight excluding hydrogens is 415 g/mol. The summed E-state index contributed by atoms with van der Waals surface area (Å²) in [4.78, 5) is 25.3. The van der Waals surface area contributed by atoms with Gasteiger partial charge < -0.3 is 20.2 Å². The number of fused-ring (bicyclic) bond motifs is 1. The van der Waals surface area contributed by atoms with E-state index in [1.54, 1.807) is 0 Å². The number of aliphatic carboxylic acids is 1. The normalized spacial score (nSPS) is 27.9. The summed E-state index contributed by atoms with van der Waals surface area (Å²) < 4.78 is 56.4. The fraction of sp³-hybridized carbons (Fsp3) is 0.882. The molecule has 0 bridgehead atoms. The maximum atomic E-state index is 12.4. The minimum absolute atomic E-state index is 0.00871. The molecule has 2 aliphatic heterocycles. The number of hydrogen-bond acceptors (Lipinski definition) is 5. The molecule has 29 heavy (non-hydrogen) atoms. The van der Waals surface area contributed by atoms with E-state index in [1.807, 2.05) is 11.9 Å². The highest BCUT2D eigenvalue weighted by Gasteiger charge is 2.42. The molecule has 2 N–H and O–H groups in total. The number of nitrogens with zero attached hydrogens (tertiary/aromatic N) is 2. The van der Waals surface area contributed by atoms with E-state index < -0.39 is 22.0 Å². The monoisotopic (exact) mass is 443 g/mol. The van der Waals surface area contributed by atoms with Gasteiger partial charge in [-0.15, -0.1) is 0 Å². The fourth-order valence-corrected chi connectivity index (χ4v) is 6.24. The molecule has 3 aliphatic rings. The maximum absolute atomic E-state index is 12.4. The number of urea groups is 1. The largest absolute Gasteiger partial charge is 0.490 e. The predicted molar refractivity (Wildman–Crippen MR) is 99.3 cm³/mol. The molecule has 1 saturated carbocycles. The third kappa shape index (κ3) is 6.46. The minimum atomic E-state index is -5.08. The number of hydrogen-bond donors (Lipinski definition) is 2. The van der Waals surface area contributed by atoms with Crippen molar-refractivity contribution < 1.29 is 36.3 Å². The van der Waals surface area contributed by atoms with Crippen molar-refractivity contribution in [3.63, 3.8) is 0 Å². The number of carboxylic acid groups (broad SMARTS) is 1. The SMILES string of the molecule is CN1CCS(=O)(=O)[C@@H]2CCN(C(=O)NC3CCCC3)CC[C@@H]21.O=C(O)C(F)(F)F. The highest BCUT2D eigenvalue weighted by Crippen LogP contribution is 2.27. The second-order valence-electron chi connectivity index (χ2n) is 7.75. The second kappa shape index (κ2) is 9.50. The van der Waals surface area contributed by atoms with E-state index in [9.17, 15) is 26.4 Å². The predicted octanol–water partition coefficient (Wildman–Crippen LogP) is 1.47. The molecule has 0 unspecified atom stereocenters. The Hall–Kier alpha value is -1.56. The molecule has 3 rings (SSSR count). The summed E-state index contributed by atoms with van der Waals surface area (Å²) in [5.41, 5.74) is 0. The van der Waals surface area contributed by atoms with Crippen molar-refractivity contribution >= 4 is 21.8 Å². The number of carbonyl (C=O) groups is 2. The topological polar surface area (TPSA) is 107 Å². The van der Waals surface area contributed by atoms with Crippen LogP contribution in [-0.4, -0.2) is 91.3 Å². The van der Waals surface area contributed by atoms with Crippen molar-refractivity contribution in [3.05, 3.63) is 0 Å². The summed E-state index contributed by atoms with van der Waals surface area (Å²) in [5, 5.41) is 9.93. The number of alkyl halides is 3. The van der Waals surface area contributed by atoms with Gasteiger partial charge in [0.15, 0.2) is 9.84 Å². The molecule has 0 aromatic heterocycles. The molecule has 2 saturated heterocycles. The summed E-state index contributed by atoms with van der Waals surface area (Å²) >= 11 is 0. The molecule has 168 valence electrons. The lowest BCUT2D eigenvalue weighted by atomic mass is 10.1. The van der Waals surface area contributed by atoms with Gasteiger partial charge in [0, 0.05) is 31.7 Å². The number of sulfone groups is 1. The van der Waals surface area contributed by atoms with E-state index in [2.05, 4.69) is 10.2 Å². The minimum Gasteiger partial charge on any atom is -0.475 e. The smallest absolute Gasteiger partial charge is 0.475 e. The summed E-state index contributed by atoms with van der Waals surface area (Å²) in [7, 11) is -1.01. The number of carbonyl (C=O) groups excluding carboxylic acids is 1. The van der Waals surface area contributed by atoms with Crippen LogP contribution in [0.1, 0.15) is 38.5 Å². The zero-order chi connectivity index (χ0) is 21.8. The first-order chi connectivity index (χ1) is 13.4. The zero-order valence-corrected chi connectivity index (χ0v) is 17.1. The molecule has 0 aromatic rings. The number of rotatable bonds is 1. The lowest BCUT2D eigenvalue weighted by molar-refractivity contribution is -0.192. The molecule has 2 amide bonds. The number of nitrogens with one attached hydrogen (secondary N) is 1. The molecule has 3 fully saturated rings. The van der Waals surface area contributed by atoms with Crippen molar-refractivity contribution in [2.24, 2.45) is 0 Å². The van der Waals surface area contributed by atoms with Gasteiger partial charge in [0.1, 0.15) is 0 Å².